The number of aliphatic hydroxyl groups is 1. The third-order valence-corrected chi connectivity index (χ3v) is 5.81. The Labute approximate surface area is 182 Å². The van der Waals surface area contributed by atoms with Gasteiger partial charge in [-0.2, -0.15) is 0 Å². The van der Waals surface area contributed by atoms with Crippen molar-refractivity contribution in [1.82, 2.24) is 20.6 Å². The largest absolute Gasteiger partial charge is 0.374 e. The number of carbonyl (C=O) groups is 1. The van der Waals surface area contributed by atoms with Crippen LogP contribution in [0, 0.1) is 11.6 Å². The summed E-state index contributed by atoms with van der Waals surface area (Å²) in [5, 5.41) is 19.2. The Morgan fingerprint density at radius 1 is 1.06 bits per heavy atom. The second kappa shape index (κ2) is 8.25. The summed E-state index contributed by atoms with van der Waals surface area (Å²) in [6.07, 6.45) is 0.731. The third-order valence-electron chi connectivity index (χ3n) is 5.81. The molecule has 1 fully saturated rings. The molecule has 7 nitrogen and oxygen atoms in total. The van der Waals surface area contributed by atoms with Gasteiger partial charge in [0.2, 0.25) is 5.91 Å². The highest BCUT2D eigenvalue weighted by Gasteiger charge is 2.29. The average Bonchev–Trinajstić information content (AvgIpc) is 3.16. The fourth-order valence-corrected chi connectivity index (χ4v) is 4.18. The lowest BCUT2D eigenvalue weighted by Crippen LogP contribution is -2.34. The van der Waals surface area contributed by atoms with Gasteiger partial charge >= 0.3 is 0 Å². The smallest absolute Gasteiger partial charge is 0.227 e. The second-order valence-electron chi connectivity index (χ2n) is 7.87. The van der Waals surface area contributed by atoms with Crippen LogP contribution in [0.25, 0.3) is 11.4 Å². The summed E-state index contributed by atoms with van der Waals surface area (Å²) >= 11 is 0. The van der Waals surface area contributed by atoms with Gasteiger partial charge in [0.05, 0.1) is 22.7 Å². The number of anilines is 2. The molecule has 0 saturated carbocycles. The Balaban J connectivity index is 1.49. The number of aliphatic hydroxyl groups excluding tert-OH is 1. The van der Waals surface area contributed by atoms with Crippen LogP contribution in [0.2, 0.25) is 0 Å². The molecule has 5 rings (SSSR count). The average molecular weight is 437 g/mol. The van der Waals surface area contributed by atoms with Crippen molar-refractivity contribution < 1.29 is 18.7 Å². The van der Waals surface area contributed by atoms with Crippen molar-refractivity contribution in [2.45, 2.75) is 31.5 Å². The first-order valence-corrected chi connectivity index (χ1v) is 10.4. The fraction of sp³-hybridized carbons (Fsp3) is 0.261. The predicted octanol–water partition coefficient (Wildman–Crippen LogP) is 3.25. The maximum atomic E-state index is 14.3. The molecular weight excluding hydrogens is 416 g/mol. The Bertz CT molecular complexity index is 1170. The maximum Gasteiger partial charge on any atom is 0.227 e. The zero-order valence-electron chi connectivity index (χ0n) is 17.0. The molecular formula is C23H21F2N5O2. The number of nitrogens with one attached hydrogen (secondary N) is 3. The van der Waals surface area contributed by atoms with Crippen molar-refractivity contribution in [3.8, 4) is 11.4 Å². The molecule has 2 aliphatic rings. The van der Waals surface area contributed by atoms with E-state index in [9.17, 15) is 18.7 Å². The van der Waals surface area contributed by atoms with Crippen molar-refractivity contribution in [3.63, 3.8) is 0 Å². The second-order valence-corrected chi connectivity index (χ2v) is 7.87. The van der Waals surface area contributed by atoms with Crippen LogP contribution in [-0.4, -0.2) is 27.5 Å². The van der Waals surface area contributed by atoms with Crippen molar-refractivity contribution in [1.29, 1.82) is 0 Å². The first kappa shape index (κ1) is 20.5. The van der Waals surface area contributed by atoms with Gasteiger partial charge in [-0.3, -0.25) is 10.1 Å². The summed E-state index contributed by atoms with van der Waals surface area (Å²) in [7, 11) is 0. The van der Waals surface area contributed by atoms with E-state index in [1.807, 2.05) is 24.3 Å². The van der Waals surface area contributed by atoms with Gasteiger partial charge in [0.25, 0.3) is 0 Å². The van der Waals surface area contributed by atoms with Gasteiger partial charge in [-0.1, -0.05) is 18.2 Å². The van der Waals surface area contributed by atoms with Crippen LogP contribution in [0.5, 0.6) is 0 Å². The number of hydrogen-bond donors (Lipinski definition) is 4. The summed E-state index contributed by atoms with van der Waals surface area (Å²) in [6.45, 7) is 0.946. The van der Waals surface area contributed by atoms with E-state index < -0.39 is 17.9 Å². The van der Waals surface area contributed by atoms with Crippen LogP contribution >= 0.6 is 0 Å². The van der Waals surface area contributed by atoms with E-state index in [2.05, 4.69) is 25.9 Å². The molecule has 164 valence electrons. The molecule has 1 unspecified atom stereocenters. The summed E-state index contributed by atoms with van der Waals surface area (Å²) in [6, 6.07) is 10.9. The van der Waals surface area contributed by atoms with Gasteiger partial charge < -0.3 is 15.7 Å². The topological polar surface area (TPSA) is 99.2 Å². The zero-order valence-corrected chi connectivity index (χ0v) is 17.0. The standard InChI is InChI=1S/C23H21F2N5O2/c24-15-4-1-5-16(25)18(15)20-29-17-11-27-23(32)19(17)21(30-20)28-13-8-6-12(7-9-13)14-3-2-10-26-22(14)31/h1,4-9,14,23,27,32H,2-3,10-11H2,(H,26,31)(H,28,29,30)/t14-,23?/m1/s1. The molecule has 0 spiro atoms. The van der Waals surface area contributed by atoms with E-state index in [0.717, 1.165) is 30.5 Å². The molecule has 3 heterocycles. The van der Waals surface area contributed by atoms with E-state index in [1.54, 1.807) is 0 Å². The van der Waals surface area contributed by atoms with E-state index in [-0.39, 0.29) is 35.6 Å². The van der Waals surface area contributed by atoms with E-state index in [0.29, 0.717) is 23.5 Å². The third kappa shape index (κ3) is 3.69. The molecule has 1 saturated heterocycles. The maximum absolute atomic E-state index is 14.3. The lowest BCUT2D eigenvalue weighted by atomic mass is 9.91. The lowest BCUT2D eigenvalue weighted by molar-refractivity contribution is -0.123. The Kier molecular flexibility index (Phi) is 5.28. The number of benzene rings is 2. The molecule has 2 aliphatic heterocycles. The fourth-order valence-electron chi connectivity index (χ4n) is 4.18. The number of aromatic nitrogens is 2. The SMILES string of the molecule is O=C1NCCC[C@@H]1c1ccc(Nc2nc(-c3c(F)cccc3F)nc3c2C(O)NC3)cc1. The lowest BCUT2D eigenvalue weighted by Gasteiger charge is -2.22. The number of rotatable bonds is 4. The van der Waals surface area contributed by atoms with Crippen LogP contribution in [0.15, 0.2) is 42.5 Å². The molecule has 1 aromatic heterocycles. The van der Waals surface area contributed by atoms with Crippen LogP contribution in [-0.2, 0) is 11.3 Å². The number of halogens is 2. The van der Waals surface area contributed by atoms with Gasteiger partial charge in [-0.15, -0.1) is 0 Å². The van der Waals surface area contributed by atoms with E-state index >= 15 is 0 Å². The molecule has 2 atom stereocenters. The van der Waals surface area contributed by atoms with E-state index in [4.69, 9.17) is 0 Å². The Morgan fingerprint density at radius 3 is 2.53 bits per heavy atom. The Morgan fingerprint density at radius 2 is 1.81 bits per heavy atom. The summed E-state index contributed by atoms with van der Waals surface area (Å²) < 4.78 is 28.7. The molecule has 9 heteroatoms. The normalized spacial score (nSPS) is 20.0. The van der Waals surface area contributed by atoms with Crippen LogP contribution in [0.1, 0.15) is 41.8 Å². The number of fused-ring (bicyclic) bond motifs is 1. The van der Waals surface area contributed by atoms with Gasteiger partial charge in [0.1, 0.15) is 23.7 Å². The highest BCUT2D eigenvalue weighted by molar-refractivity contribution is 5.84. The summed E-state index contributed by atoms with van der Waals surface area (Å²) in [5.41, 5.74) is 2.14. The summed E-state index contributed by atoms with van der Waals surface area (Å²) in [5.74, 6) is -1.53. The zero-order chi connectivity index (χ0) is 22.2. The first-order chi connectivity index (χ1) is 15.5. The molecule has 0 bridgehead atoms. The van der Waals surface area contributed by atoms with Crippen LogP contribution in [0.3, 0.4) is 0 Å². The molecule has 2 aromatic carbocycles. The van der Waals surface area contributed by atoms with Gasteiger partial charge in [0.15, 0.2) is 5.82 Å². The van der Waals surface area contributed by atoms with Crippen molar-refractivity contribution in [2.75, 3.05) is 11.9 Å². The van der Waals surface area contributed by atoms with Crippen molar-refractivity contribution in [3.05, 3.63) is 70.9 Å². The van der Waals surface area contributed by atoms with Gasteiger partial charge in [-0.05, 0) is 42.7 Å². The number of nitrogens with zero attached hydrogens (tertiary/aromatic N) is 2. The minimum absolute atomic E-state index is 0.0244. The number of hydrogen-bond acceptors (Lipinski definition) is 6. The number of piperidine rings is 1. The van der Waals surface area contributed by atoms with Crippen LogP contribution in [0.4, 0.5) is 20.3 Å². The quantitative estimate of drug-likeness (QED) is 0.500. The predicted molar refractivity (Wildman–Crippen MR) is 114 cm³/mol. The van der Waals surface area contributed by atoms with E-state index in [1.165, 1.54) is 6.07 Å². The minimum Gasteiger partial charge on any atom is -0.374 e. The molecule has 0 radical (unpaired) electrons. The molecule has 3 aromatic rings. The van der Waals surface area contributed by atoms with Crippen molar-refractivity contribution >= 4 is 17.4 Å². The highest BCUT2D eigenvalue weighted by atomic mass is 19.1. The van der Waals surface area contributed by atoms with Gasteiger partial charge in [-0.25, -0.2) is 18.7 Å². The molecule has 4 N–H and O–H groups in total. The molecule has 32 heavy (non-hydrogen) atoms. The van der Waals surface area contributed by atoms with Gasteiger partial charge in [0, 0.05) is 18.8 Å². The molecule has 0 aliphatic carbocycles. The number of carbonyl (C=O) groups excluding carboxylic acids is 1. The number of amides is 1. The Hall–Kier alpha value is -3.43. The summed E-state index contributed by atoms with van der Waals surface area (Å²) in [4.78, 5) is 20.7. The van der Waals surface area contributed by atoms with Crippen molar-refractivity contribution in [2.24, 2.45) is 0 Å². The minimum atomic E-state index is -1.00. The molecule has 1 amide bonds. The first-order valence-electron chi connectivity index (χ1n) is 10.4. The monoisotopic (exact) mass is 437 g/mol. The van der Waals surface area contributed by atoms with Crippen LogP contribution < -0.4 is 16.0 Å². The highest BCUT2D eigenvalue weighted by Crippen LogP contribution is 2.34.